The molecule has 0 aromatic heterocycles. The third-order valence-electron chi connectivity index (χ3n) is 3.93. The lowest BCUT2D eigenvalue weighted by molar-refractivity contribution is 0.0699. The molecule has 0 spiro atoms. The summed E-state index contributed by atoms with van der Waals surface area (Å²) in [5.41, 5.74) is 0.350. The van der Waals surface area contributed by atoms with Crippen LogP contribution in [0.1, 0.15) is 10.4 Å². The van der Waals surface area contributed by atoms with Gasteiger partial charge in [0.1, 0.15) is 0 Å². The Kier molecular flexibility index (Phi) is 2.45. The standard InChI is InChI=1S/C19H12O2/c20-19(21)17-7-3-6-14-10-15-8-12-4-1-2-5-13(12)9-16(15)11-18(14)17/h1-11H,(H,20,21). The van der Waals surface area contributed by atoms with Crippen molar-refractivity contribution in [3.05, 3.63) is 72.3 Å². The molecular weight excluding hydrogens is 260 g/mol. The van der Waals surface area contributed by atoms with Crippen LogP contribution in [-0.4, -0.2) is 11.1 Å². The monoisotopic (exact) mass is 272 g/mol. The number of rotatable bonds is 1. The Balaban J connectivity index is 2.15. The predicted molar refractivity (Wildman–Crippen MR) is 85.9 cm³/mol. The quantitative estimate of drug-likeness (QED) is 0.503. The summed E-state index contributed by atoms with van der Waals surface area (Å²) in [5.74, 6) is -0.888. The second-order valence-electron chi connectivity index (χ2n) is 5.23. The van der Waals surface area contributed by atoms with Crippen LogP contribution < -0.4 is 0 Å². The van der Waals surface area contributed by atoms with Crippen LogP contribution in [-0.2, 0) is 0 Å². The summed E-state index contributed by atoms with van der Waals surface area (Å²) in [7, 11) is 0. The second-order valence-corrected chi connectivity index (χ2v) is 5.23. The number of hydrogen-bond donors (Lipinski definition) is 1. The SMILES string of the molecule is O=C(O)c1cccc2cc3cc4ccccc4cc3cc12. The molecule has 4 rings (SSSR count). The van der Waals surface area contributed by atoms with Gasteiger partial charge in [-0.2, -0.15) is 0 Å². The maximum absolute atomic E-state index is 11.4. The molecule has 0 amide bonds. The van der Waals surface area contributed by atoms with Crippen molar-refractivity contribution >= 4 is 38.3 Å². The lowest BCUT2D eigenvalue weighted by Crippen LogP contribution is -1.96. The number of hydrogen-bond acceptors (Lipinski definition) is 1. The number of carboxylic acid groups (broad SMARTS) is 1. The lowest BCUT2D eigenvalue weighted by Gasteiger charge is -2.07. The Hall–Kier alpha value is -2.87. The minimum absolute atomic E-state index is 0.350. The average molecular weight is 272 g/mol. The Morgan fingerprint density at radius 1 is 0.667 bits per heavy atom. The fourth-order valence-electron chi connectivity index (χ4n) is 2.91. The maximum atomic E-state index is 11.4. The van der Waals surface area contributed by atoms with Crippen molar-refractivity contribution in [2.24, 2.45) is 0 Å². The van der Waals surface area contributed by atoms with Gasteiger partial charge in [0.2, 0.25) is 0 Å². The number of fused-ring (bicyclic) bond motifs is 3. The molecule has 0 saturated carbocycles. The molecule has 0 aliphatic rings. The van der Waals surface area contributed by atoms with E-state index in [0.29, 0.717) is 5.56 Å². The largest absolute Gasteiger partial charge is 0.478 e. The zero-order valence-electron chi connectivity index (χ0n) is 11.2. The van der Waals surface area contributed by atoms with Gasteiger partial charge in [0, 0.05) is 0 Å². The Bertz CT molecular complexity index is 1020. The fourth-order valence-corrected chi connectivity index (χ4v) is 2.91. The highest BCUT2D eigenvalue weighted by Crippen LogP contribution is 2.29. The summed E-state index contributed by atoms with van der Waals surface area (Å²) >= 11 is 0. The molecule has 100 valence electrons. The van der Waals surface area contributed by atoms with E-state index in [2.05, 4.69) is 30.3 Å². The Labute approximate surface area is 121 Å². The van der Waals surface area contributed by atoms with Gasteiger partial charge in [-0.3, -0.25) is 0 Å². The molecule has 1 N–H and O–H groups in total. The van der Waals surface area contributed by atoms with Crippen molar-refractivity contribution in [1.82, 2.24) is 0 Å². The topological polar surface area (TPSA) is 37.3 Å². The summed E-state index contributed by atoms with van der Waals surface area (Å²) in [6, 6.07) is 21.9. The molecule has 0 radical (unpaired) electrons. The third-order valence-corrected chi connectivity index (χ3v) is 3.93. The number of carboxylic acids is 1. The molecule has 0 aliphatic heterocycles. The van der Waals surface area contributed by atoms with Gasteiger partial charge in [-0.15, -0.1) is 0 Å². The highest BCUT2D eigenvalue weighted by Gasteiger charge is 2.09. The Morgan fingerprint density at radius 3 is 1.90 bits per heavy atom. The van der Waals surface area contributed by atoms with Crippen LogP contribution in [0.2, 0.25) is 0 Å². The van der Waals surface area contributed by atoms with Crippen LogP contribution in [0.5, 0.6) is 0 Å². The average Bonchev–Trinajstić information content (AvgIpc) is 2.50. The molecule has 0 saturated heterocycles. The van der Waals surface area contributed by atoms with E-state index in [1.165, 1.54) is 5.39 Å². The van der Waals surface area contributed by atoms with Crippen molar-refractivity contribution in [1.29, 1.82) is 0 Å². The van der Waals surface area contributed by atoms with Crippen LogP contribution in [0.4, 0.5) is 0 Å². The first-order valence-corrected chi connectivity index (χ1v) is 6.81. The minimum atomic E-state index is -0.888. The Morgan fingerprint density at radius 2 is 1.24 bits per heavy atom. The van der Waals surface area contributed by atoms with Gasteiger partial charge in [0.05, 0.1) is 5.56 Å². The third kappa shape index (κ3) is 1.84. The maximum Gasteiger partial charge on any atom is 0.336 e. The van der Waals surface area contributed by atoms with Crippen molar-refractivity contribution in [2.45, 2.75) is 0 Å². The van der Waals surface area contributed by atoms with Crippen molar-refractivity contribution in [3.63, 3.8) is 0 Å². The number of benzene rings is 4. The first-order valence-electron chi connectivity index (χ1n) is 6.81. The van der Waals surface area contributed by atoms with Gasteiger partial charge in [0.15, 0.2) is 0 Å². The summed E-state index contributed by atoms with van der Waals surface area (Å²) in [4.78, 5) is 11.4. The summed E-state index contributed by atoms with van der Waals surface area (Å²) in [6.07, 6.45) is 0. The minimum Gasteiger partial charge on any atom is -0.478 e. The molecule has 0 aliphatic carbocycles. The summed E-state index contributed by atoms with van der Waals surface area (Å²) in [5, 5.41) is 15.6. The zero-order chi connectivity index (χ0) is 14.4. The van der Waals surface area contributed by atoms with Crippen molar-refractivity contribution < 1.29 is 9.90 Å². The van der Waals surface area contributed by atoms with E-state index in [0.717, 1.165) is 26.9 Å². The van der Waals surface area contributed by atoms with Crippen molar-refractivity contribution in [2.75, 3.05) is 0 Å². The fraction of sp³-hybridized carbons (Fsp3) is 0. The molecule has 2 heteroatoms. The second kappa shape index (κ2) is 4.32. The molecule has 0 heterocycles. The molecular formula is C19H12O2. The van der Waals surface area contributed by atoms with E-state index >= 15 is 0 Å². The van der Waals surface area contributed by atoms with Crippen LogP contribution in [0, 0.1) is 0 Å². The number of aromatic carboxylic acids is 1. The van der Waals surface area contributed by atoms with Gasteiger partial charge >= 0.3 is 5.97 Å². The van der Waals surface area contributed by atoms with E-state index in [-0.39, 0.29) is 0 Å². The lowest BCUT2D eigenvalue weighted by atomic mass is 9.97. The highest BCUT2D eigenvalue weighted by molar-refractivity contribution is 6.10. The van der Waals surface area contributed by atoms with E-state index in [1.54, 1.807) is 12.1 Å². The van der Waals surface area contributed by atoms with Gasteiger partial charge in [-0.1, -0.05) is 36.4 Å². The molecule has 2 nitrogen and oxygen atoms in total. The van der Waals surface area contributed by atoms with Gasteiger partial charge in [-0.05, 0) is 62.6 Å². The molecule has 0 unspecified atom stereocenters. The summed E-state index contributed by atoms with van der Waals surface area (Å²) < 4.78 is 0. The summed E-state index contributed by atoms with van der Waals surface area (Å²) in [6.45, 7) is 0. The van der Waals surface area contributed by atoms with E-state index in [9.17, 15) is 9.90 Å². The molecule has 4 aromatic rings. The molecule has 0 fully saturated rings. The number of carbonyl (C=O) groups is 1. The zero-order valence-corrected chi connectivity index (χ0v) is 11.2. The van der Waals surface area contributed by atoms with Crippen LogP contribution >= 0.6 is 0 Å². The molecule has 0 atom stereocenters. The smallest absolute Gasteiger partial charge is 0.336 e. The molecule has 21 heavy (non-hydrogen) atoms. The van der Waals surface area contributed by atoms with Crippen molar-refractivity contribution in [3.8, 4) is 0 Å². The van der Waals surface area contributed by atoms with E-state index in [4.69, 9.17) is 0 Å². The molecule has 4 aromatic carbocycles. The normalized spacial score (nSPS) is 11.2. The van der Waals surface area contributed by atoms with Gasteiger partial charge in [-0.25, -0.2) is 4.79 Å². The van der Waals surface area contributed by atoms with Gasteiger partial charge in [0.25, 0.3) is 0 Å². The predicted octanol–water partition coefficient (Wildman–Crippen LogP) is 4.84. The van der Waals surface area contributed by atoms with Crippen LogP contribution in [0.25, 0.3) is 32.3 Å². The van der Waals surface area contributed by atoms with Crippen LogP contribution in [0.15, 0.2) is 66.7 Å². The van der Waals surface area contributed by atoms with E-state index in [1.807, 2.05) is 24.3 Å². The molecule has 0 bridgehead atoms. The van der Waals surface area contributed by atoms with E-state index < -0.39 is 5.97 Å². The van der Waals surface area contributed by atoms with Gasteiger partial charge < -0.3 is 5.11 Å². The first-order chi connectivity index (χ1) is 10.2. The van der Waals surface area contributed by atoms with Crippen LogP contribution in [0.3, 0.4) is 0 Å². The first kappa shape index (κ1) is 11.9. The highest BCUT2D eigenvalue weighted by atomic mass is 16.4.